The summed E-state index contributed by atoms with van der Waals surface area (Å²) in [7, 11) is 0. The number of carboxylic acid groups (broad SMARTS) is 1. The van der Waals surface area contributed by atoms with Crippen LogP contribution in [-0.2, 0) is 9.59 Å². The van der Waals surface area contributed by atoms with E-state index in [-0.39, 0.29) is 24.0 Å². The van der Waals surface area contributed by atoms with E-state index in [2.05, 4.69) is 15.6 Å². The van der Waals surface area contributed by atoms with Crippen molar-refractivity contribution in [2.45, 2.75) is 19.9 Å². The van der Waals surface area contributed by atoms with Gasteiger partial charge in [0.25, 0.3) is 5.91 Å². The number of aromatic nitrogens is 1. The number of nitrogens with zero attached hydrogens (tertiary/aromatic N) is 1. The Labute approximate surface area is 191 Å². The molecule has 8 heteroatoms. The smallest absolute Gasteiger partial charge is 0.335 e. The van der Waals surface area contributed by atoms with Gasteiger partial charge in [0, 0.05) is 18.1 Å². The number of amides is 2. The lowest BCUT2D eigenvalue weighted by Crippen LogP contribution is -2.48. The summed E-state index contributed by atoms with van der Waals surface area (Å²) in [5.74, 6) is -1.64. The number of hydrogen-bond acceptors (Lipinski definition) is 5. The van der Waals surface area contributed by atoms with Gasteiger partial charge in [-0.25, -0.2) is 4.79 Å². The highest BCUT2D eigenvalue weighted by Crippen LogP contribution is 2.20. The molecule has 0 saturated heterocycles. The normalized spacial score (nSPS) is 11.5. The Hall–Kier alpha value is -4.20. The highest BCUT2D eigenvalue weighted by atomic mass is 16.5. The van der Waals surface area contributed by atoms with Crippen LogP contribution in [0.5, 0.6) is 5.75 Å². The third-order valence-corrected chi connectivity index (χ3v) is 4.88. The molecule has 0 spiro atoms. The molecule has 1 heterocycles. The Morgan fingerprint density at radius 2 is 1.67 bits per heavy atom. The van der Waals surface area contributed by atoms with Gasteiger partial charge in [0.15, 0.2) is 6.61 Å². The molecule has 8 nitrogen and oxygen atoms in total. The molecule has 0 radical (unpaired) electrons. The van der Waals surface area contributed by atoms with Gasteiger partial charge in [0.2, 0.25) is 5.91 Å². The Kier molecular flexibility index (Phi) is 7.75. The first-order valence-corrected chi connectivity index (χ1v) is 10.4. The molecule has 0 aliphatic rings. The largest absolute Gasteiger partial charge is 0.484 e. The summed E-state index contributed by atoms with van der Waals surface area (Å²) in [5, 5.41) is 14.5. The van der Waals surface area contributed by atoms with Crippen LogP contribution >= 0.6 is 0 Å². The van der Waals surface area contributed by atoms with Crippen LogP contribution in [0.3, 0.4) is 0 Å². The number of nitrogens with one attached hydrogen (secondary N) is 2. The quantitative estimate of drug-likeness (QED) is 0.461. The minimum Gasteiger partial charge on any atom is -0.484 e. The number of carbonyl (C=O) groups is 3. The number of rotatable bonds is 9. The van der Waals surface area contributed by atoms with E-state index >= 15 is 0 Å². The van der Waals surface area contributed by atoms with Gasteiger partial charge in [-0.15, -0.1) is 0 Å². The average Bonchev–Trinajstić information content (AvgIpc) is 2.82. The zero-order chi connectivity index (χ0) is 23.8. The summed E-state index contributed by atoms with van der Waals surface area (Å²) in [6.45, 7) is 3.37. The Bertz CT molecular complexity index is 1100. The van der Waals surface area contributed by atoms with Crippen molar-refractivity contribution in [1.82, 2.24) is 10.3 Å². The molecule has 0 fully saturated rings. The monoisotopic (exact) mass is 447 g/mol. The molecule has 1 aromatic heterocycles. The second-order valence-corrected chi connectivity index (χ2v) is 7.72. The first-order chi connectivity index (χ1) is 15.8. The van der Waals surface area contributed by atoms with Crippen molar-refractivity contribution in [2.75, 3.05) is 11.9 Å². The highest BCUT2D eigenvalue weighted by molar-refractivity contribution is 5.97. The number of anilines is 1. The number of benzene rings is 2. The van der Waals surface area contributed by atoms with Crippen LogP contribution in [0.4, 0.5) is 5.69 Å². The zero-order valence-electron chi connectivity index (χ0n) is 18.3. The predicted molar refractivity (Wildman–Crippen MR) is 124 cm³/mol. The lowest BCUT2D eigenvalue weighted by Gasteiger charge is -2.22. The van der Waals surface area contributed by atoms with Crippen LogP contribution in [0, 0.1) is 5.92 Å². The van der Waals surface area contributed by atoms with Gasteiger partial charge in [0.05, 0.1) is 5.56 Å². The molecular weight excluding hydrogens is 422 g/mol. The van der Waals surface area contributed by atoms with E-state index in [0.29, 0.717) is 11.4 Å². The summed E-state index contributed by atoms with van der Waals surface area (Å²) >= 11 is 0. The van der Waals surface area contributed by atoms with Crippen molar-refractivity contribution in [1.29, 1.82) is 0 Å². The molecule has 0 bridgehead atoms. The van der Waals surface area contributed by atoms with Crippen LogP contribution in [0.25, 0.3) is 11.1 Å². The molecule has 0 saturated carbocycles. The summed E-state index contributed by atoms with van der Waals surface area (Å²) < 4.78 is 5.39. The minimum atomic E-state index is -1.04. The molecule has 1 unspecified atom stereocenters. The molecule has 33 heavy (non-hydrogen) atoms. The summed E-state index contributed by atoms with van der Waals surface area (Å²) in [4.78, 5) is 40.1. The van der Waals surface area contributed by atoms with Gasteiger partial charge in [-0.1, -0.05) is 32.0 Å². The number of carboxylic acids is 1. The van der Waals surface area contributed by atoms with E-state index in [4.69, 9.17) is 9.84 Å². The Morgan fingerprint density at radius 3 is 2.24 bits per heavy atom. The topological polar surface area (TPSA) is 118 Å². The van der Waals surface area contributed by atoms with Gasteiger partial charge in [-0.05, 0) is 59.5 Å². The van der Waals surface area contributed by atoms with Gasteiger partial charge in [-0.2, -0.15) is 0 Å². The lowest BCUT2D eigenvalue weighted by atomic mass is 10.0. The second-order valence-electron chi connectivity index (χ2n) is 7.72. The minimum absolute atomic E-state index is 0.122. The first kappa shape index (κ1) is 23.5. The fraction of sp³-hybridized carbons (Fsp3) is 0.200. The maximum Gasteiger partial charge on any atom is 0.335 e. The molecule has 0 aliphatic carbocycles. The molecule has 0 aliphatic heterocycles. The Morgan fingerprint density at radius 1 is 0.970 bits per heavy atom. The fourth-order valence-electron chi connectivity index (χ4n) is 3.09. The van der Waals surface area contributed by atoms with Crippen molar-refractivity contribution in [3.8, 4) is 16.9 Å². The number of hydrogen-bond donors (Lipinski definition) is 3. The van der Waals surface area contributed by atoms with Crippen LogP contribution < -0.4 is 15.4 Å². The van der Waals surface area contributed by atoms with E-state index in [9.17, 15) is 14.4 Å². The standard InChI is InChI=1S/C25H25N3O5/c1-16(2)23(28-22(29)15-33-21-11-7-18(8-12-21)25(31)32)24(30)27-20-9-5-17(6-10-20)19-4-3-13-26-14-19/h3-14,16,23H,15H2,1-2H3,(H,27,30)(H,28,29)(H,31,32). The van der Waals surface area contributed by atoms with Crippen molar-refractivity contribution in [3.63, 3.8) is 0 Å². The maximum atomic E-state index is 12.8. The number of carbonyl (C=O) groups excluding carboxylic acids is 2. The molecule has 2 amide bonds. The van der Waals surface area contributed by atoms with E-state index in [1.165, 1.54) is 24.3 Å². The van der Waals surface area contributed by atoms with E-state index < -0.39 is 17.9 Å². The van der Waals surface area contributed by atoms with Crippen LogP contribution in [0.2, 0.25) is 0 Å². The van der Waals surface area contributed by atoms with Gasteiger partial charge in [0.1, 0.15) is 11.8 Å². The number of ether oxygens (including phenoxy) is 1. The zero-order valence-corrected chi connectivity index (χ0v) is 18.3. The molecule has 3 rings (SSSR count). The molecule has 1 atom stereocenters. The van der Waals surface area contributed by atoms with Crippen molar-refractivity contribution >= 4 is 23.5 Å². The van der Waals surface area contributed by atoms with E-state index in [0.717, 1.165) is 11.1 Å². The highest BCUT2D eigenvalue weighted by Gasteiger charge is 2.24. The number of aromatic carboxylic acids is 1. The second kappa shape index (κ2) is 10.9. The molecule has 3 aromatic rings. The summed E-state index contributed by atoms with van der Waals surface area (Å²) in [6, 6.07) is 16.1. The molecule has 2 aromatic carbocycles. The van der Waals surface area contributed by atoms with Gasteiger partial charge >= 0.3 is 5.97 Å². The van der Waals surface area contributed by atoms with Gasteiger partial charge < -0.3 is 20.5 Å². The SMILES string of the molecule is CC(C)C(NC(=O)COc1ccc(C(=O)O)cc1)C(=O)Nc1ccc(-c2cccnc2)cc1. The van der Waals surface area contributed by atoms with Crippen LogP contribution in [0.15, 0.2) is 73.1 Å². The first-order valence-electron chi connectivity index (χ1n) is 10.4. The fourth-order valence-corrected chi connectivity index (χ4v) is 3.09. The van der Waals surface area contributed by atoms with Crippen molar-refractivity contribution in [3.05, 3.63) is 78.6 Å². The van der Waals surface area contributed by atoms with E-state index in [1.807, 2.05) is 38.1 Å². The average molecular weight is 447 g/mol. The van der Waals surface area contributed by atoms with Crippen molar-refractivity contribution < 1.29 is 24.2 Å². The van der Waals surface area contributed by atoms with Crippen LogP contribution in [0.1, 0.15) is 24.2 Å². The third-order valence-electron chi connectivity index (χ3n) is 4.88. The maximum absolute atomic E-state index is 12.8. The molecule has 3 N–H and O–H groups in total. The molecular formula is C25H25N3O5. The summed E-state index contributed by atoms with van der Waals surface area (Å²) in [6.07, 6.45) is 3.47. The third kappa shape index (κ3) is 6.64. The number of pyridine rings is 1. The van der Waals surface area contributed by atoms with Crippen LogP contribution in [-0.4, -0.2) is 40.5 Å². The van der Waals surface area contributed by atoms with Gasteiger partial charge in [-0.3, -0.25) is 14.6 Å². The summed E-state index contributed by atoms with van der Waals surface area (Å²) in [5.41, 5.74) is 2.68. The lowest BCUT2D eigenvalue weighted by molar-refractivity contribution is -0.128. The molecule has 170 valence electrons. The van der Waals surface area contributed by atoms with Crippen molar-refractivity contribution in [2.24, 2.45) is 5.92 Å². The van der Waals surface area contributed by atoms with E-state index in [1.54, 1.807) is 24.5 Å². The Balaban J connectivity index is 1.56. The predicted octanol–water partition coefficient (Wildman–Crippen LogP) is 3.61.